The molecule has 2 aliphatic rings. The average Bonchev–Trinajstić information content (AvgIpc) is 2.54. The monoisotopic (exact) mass is 266 g/mol. The van der Waals surface area contributed by atoms with E-state index in [9.17, 15) is 4.79 Å². The molecule has 2 fully saturated rings. The van der Waals surface area contributed by atoms with Gasteiger partial charge in [-0.25, -0.2) is 0 Å². The van der Waals surface area contributed by atoms with E-state index < -0.39 is 0 Å². The van der Waals surface area contributed by atoms with Crippen molar-refractivity contribution in [1.29, 1.82) is 0 Å². The molecule has 110 valence electrons. The van der Waals surface area contributed by atoms with Crippen LogP contribution in [0.4, 0.5) is 0 Å². The second kappa shape index (κ2) is 7.88. The highest BCUT2D eigenvalue weighted by molar-refractivity contribution is 5.79. The van der Waals surface area contributed by atoms with Crippen molar-refractivity contribution in [2.45, 2.75) is 89.1 Å². The Hall–Kier alpha value is -0.570. The van der Waals surface area contributed by atoms with Crippen LogP contribution in [0, 0.1) is 5.92 Å². The van der Waals surface area contributed by atoms with Crippen LogP contribution in [0.2, 0.25) is 0 Å². The lowest BCUT2D eigenvalue weighted by Gasteiger charge is -2.26. The summed E-state index contributed by atoms with van der Waals surface area (Å²) in [5.41, 5.74) is 6.20. The normalized spacial score (nSPS) is 31.0. The number of rotatable bonds is 2. The molecule has 2 saturated carbocycles. The van der Waals surface area contributed by atoms with E-state index in [1.165, 1.54) is 51.4 Å². The van der Waals surface area contributed by atoms with Gasteiger partial charge in [-0.05, 0) is 25.7 Å². The summed E-state index contributed by atoms with van der Waals surface area (Å²) in [5, 5.41) is 3.26. The summed E-state index contributed by atoms with van der Waals surface area (Å²) in [6.07, 6.45) is 14.4. The number of amides is 1. The lowest BCUT2D eigenvalue weighted by molar-refractivity contribution is -0.126. The number of nitrogens with two attached hydrogens (primary N) is 1. The van der Waals surface area contributed by atoms with Crippen molar-refractivity contribution < 1.29 is 4.79 Å². The molecular formula is C16H30N2O. The number of nitrogens with one attached hydrogen (secondary N) is 1. The smallest absolute Gasteiger partial charge is 0.223 e. The van der Waals surface area contributed by atoms with E-state index in [-0.39, 0.29) is 23.9 Å². The lowest BCUT2D eigenvalue weighted by Crippen LogP contribution is -2.48. The van der Waals surface area contributed by atoms with Crippen LogP contribution in [0.15, 0.2) is 0 Å². The molecule has 0 aromatic heterocycles. The number of hydrogen-bond donors (Lipinski definition) is 2. The van der Waals surface area contributed by atoms with Crippen molar-refractivity contribution in [3.8, 4) is 0 Å². The maximum Gasteiger partial charge on any atom is 0.223 e. The van der Waals surface area contributed by atoms with E-state index in [2.05, 4.69) is 5.32 Å². The van der Waals surface area contributed by atoms with Gasteiger partial charge in [-0.1, -0.05) is 51.4 Å². The molecule has 2 aliphatic carbocycles. The summed E-state index contributed by atoms with van der Waals surface area (Å²) in [6.45, 7) is 0. The maximum atomic E-state index is 12.4. The topological polar surface area (TPSA) is 55.1 Å². The molecule has 2 unspecified atom stereocenters. The van der Waals surface area contributed by atoms with Gasteiger partial charge in [0.2, 0.25) is 5.91 Å². The van der Waals surface area contributed by atoms with Crippen LogP contribution in [-0.4, -0.2) is 18.0 Å². The van der Waals surface area contributed by atoms with Crippen LogP contribution in [-0.2, 0) is 4.79 Å². The molecule has 2 rings (SSSR count). The van der Waals surface area contributed by atoms with E-state index in [0.717, 1.165) is 25.7 Å². The van der Waals surface area contributed by atoms with Crippen LogP contribution >= 0.6 is 0 Å². The molecule has 0 aliphatic heterocycles. The summed E-state index contributed by atoms with van der Waals surface area (Å²) >= 11 is 0. The summed E-state index contributed by atoms with van der Waals surface area (Å²) in [6, 6.07) is 0.389. The fraction of sp³-hybridized carbons (Fsp3) is 0.938. The highest BCUT2D eigenvalue weighted by Gasteiger charge is 2.26. The second-order valence-electron chi connectivity index (χ2n) is 6.46. The second-order valence-corrected chi connectivity index (χ2v) is 6.46. The zero-order valence-electron chi connectivity index (χ0n) is 12.2. The van der Waals surface area contributed by atoms with Crippen LogP contribution in [0.1, 0.15) is 77.0 Å². The van der Waals surface area contributed by atoms with E-state index in [1.807, 2.05) is 0 Å². The summed E-state index contributed by atoms with van der Waals surface area (Å²) in [5.74, 6) is 0.528. The Morgan fingerprint density at radius 1 is 0.789 bits per heavy atom. The summed E-state index contributed by atoms with van der Waals surface area (Å²) in [4.78, 5) is 12.4. The van der Waals surface area contributed by atoms with Gasteiger partial charge in [0.25, 0.3) is 0 Å². The van der Waals surface area contributed by atoms with E-state index in [0.29, 0.717) is 0 Å². The third kappa shape index (κ3) is 4.79. The van der Waals surface area contributed by atoms with Crippen molar-refractivity contribution in [2.75, 3.05) is 0 Å². The third-order valence-corrected chi connectivity index (χ3v) is 4.87. The molecular weight excluding hydrogens is 236 g/mol. The molecule has 0 aromatic rings. The quantitative estimate of drug-likeness (QED) is 0.754. The minimum Gasteiger partial charge on any atom is -0.352 e. The van der Waals surface area contributed by atoms with Crippen molar-refractivity contribution in [3.05, 3.63) is 0 Å². The van der Waals surface area contributed by atoms with Gasteiger partial charge >= 0.3 is 0 Å². The number of carbonyl (C=O) groups excluding carboxylic acids is 1. The molecule has 0 spiro atoms. The zero-order chi connectivity index (χ0) is 13.5. The highest BCUT2D eigenvalue weighted by Crippen LogP contribution is 2.23. The first-order chi connectivity index (χ1) is 9.27. The minimum atomic E-state index is 0.167. The van der Waals surface area contributed by atoms with Gasteiger partial charge in [0, 0.05) is 18.0 Å². The molecule has 3 nitrogen and oxygen atoms in total. The summed E-state index contributed by atoms with van der Waals surface area (Å²) < 4.78 is 0. The van der Waals surface area contributed by atoms with Crippen molar-refractivity contribution in [1.82, 2.24) is 5.32 Å². The first kappa shape index (κ1) is 14.8. The Balaban J connectivity index is 1.83. The first-order valence-electron chi connectivity index (χ1n) is 8.33. The Labute approximate surface area is 117 Å². The lowest BCUT2D eigenvalue weighted by atomic mass is 9.90. The molecule has 2 atom stereocenters. The fourth-order valence-electron chi connectivity index (χ4n) is 3.53. The van der Waals surface area contributed by atoms with E-state index in [1.54, 1.807) is 0 Å². The summed E-state index contributed by atoms with van der Waals surface area (Å²) in [7, 11) is 0. The van der Waals surface area contributed by atoms with Gasteiger partial charge in [0.05, 0.1) is 0 Å². The number of hydrogen-bond acceptors (Lipinski definition) is 2. The van der Waals surface area contributed by atoms with Gasteiger partial charge < -0.3 is 11.1 Å². The number of carbonyl (C=O) groups is 1. The standard InChI is InChI=1S/C16H30N2O/c17-14-11-7-4-8-12-15(14)18-16(19)13-9-5-2-1-3-6-10-13/h13-15H,1-12,17H2,(H,18,19). The SMILES string of the molecule is NC1CCCCCC1NC(=O)C1CCCCCCC1. The Kier molecular flexibility index (Phi) is 6.15. The van der Waals surface area contributed by atoms with Crippen molar-refractivity contribution in [3.63, 3.8) is 0 Å². The minimum absolute atomic E-state index is 0.167. The predicted octanol–water partition coefficient (Wildman–Crippen LogP) is 3.12. The third-order valence-electron chi connectivity index (χ3n) is 4.87. The maximum absolute atomic E-state index is 12.4. The Bertz CT molecular complexity index is 272. The van der Waals surface area contributed by atoms with Gasteiger partial charge in [-0.2, -0.15) is 0 Å². The van der Waals surface area contributed by atoms with Crippen LogP contribution < -0.4 is 11.1 Å². The molecule has 0 radical (unpaired) electrons. The van der Waals surface area contributed by atoms with Crippen LogP contribution in [0.5, 0.6) is 0 Å². The molecule has 0 heterocycles. The Morgan fingerprint density at radius 3 is 2.05 bits per heavy atom. The van der Waals surface area contributed by atoms with Gasteiger partial charge in [-0.15, -0.1) is 0 Å². The van der Waals surface area contributed by atoms with Crippen molar-refractivity contribution >= 4 is 5.91 Å². The molecule has 3 heteroatoms. The largest absolute Gasteiger partial charge is 0.352 e. The predicted molar refractivity (Wildman–Crippen MR) is 78.8 cm³/mol. The zero-order valence-corrected chi connectivity index (χ0v) is 12.2. The van der Waals surface area contributed by atoms with E-state index in [4.69, 9.17) is 5.73 Å². The van der Waals surface area contributed by atoms with Crippen LogP contribution in [0.3, 0.4) is 0 Å². The van der Waals surface area contributed by atoms with Gasteiger partial charge in [0.15, 0.2) is 0 Å². The molecule has 19 heavy (non-hydrogen) atoms. The fourth-order valence-corrected chi connectivity index (χ4v) is 3.53. The molecule has 0 bridgehead atoms. The Morgan fingerprint density at radius 2 is 1.32 bits per heavy atom. The molecule has 1 amide bonds. The first-order valence-corrected chi connectivity index (χ1v) is 8.33. The average molecular weight is 266 g/mol. The highest BCUT2D eigenvalue weighted by atomic mass is 16.1. The van der Waals surface area contributed by atoms with Crippen LogP contribution in [0.25, 0.3) is 0 Å². The van der Waals surface area contributed by atoms with Crippen molar-refractivity contribution in [2.24, 2.45) is 11.7 Å². The molecule has 3 N–H and O–H groups in total. The van der Waals surface area contributed by atoms with Gasteiger partial charge in [0.1, 0.15) is 0 Å². The van der Waals surface area contributed by atoms with Gasteiger partial charge in [-0.3, -0.25) is 4.79 Å². The molecule has 0 saturated heterocycles. The molecule has 0 aromatic carbocycles. The van der Waals surface area contributed by atoms with E-state index >= 15 is 0 Å².